The van der Waals surface area contributed by atoms with Gasteiger partial charge < -0.3 is 21.5 Å². The third kappa shape index (κ3) is 3.47. The number of rotatable bonds is 4. The van der Waals surface area contributed by atoms with Gasteiger partial charge in [-0.15, -0.1) is 22.7 Å². The lowest BCUT2D eigenvalue weighted by molar-refractivity contribution is 0.0601. The molecule has 0 saturated carbocycles. The van der Waals surface area contributed by atoms with Crippen molar-refractivity contribution < 1.29 is 14.3 Å². The van der Waals surface area contributed by atoms with Gasteiger partial charge in [-0.2, -0.15) is 5.26 Å². The van der Waals surface area contributed by atoms with Gasteiger partial charge in [0.05, 0.1) is 23.9 Å². The number of nitrogens with two attached hydrogens (primary N) is 2. The highest BCUT2D eigenvalue weighted by Crippen LogP contribution is 2.42. The van der Waals surface area contributed by atoms with E-state index in [-0.39, 0.29) is 27.9 Å². The van der Waals surface area contributed by atoms with Crippen molar-refractivity contribution in [3.8, 4) is 6.07 Å². The average molecular weight is 470 g/mol. The molecule has 0 bridgehead atoms. The predicted molar refractivity (Wildman–Crippen MR) is 128 cm³/mol. The van der Waals surface area contributed by atoms with Crippen LogP contribution in [0.4, 0.5) is 16.5 Å². The van der Waals surface area contributed by atoms with Gasteiger partial charge in [0.15, 0.2) is 0 Å². The number of pyridine rings is 1. The van der Waals surface area contributed by atoms with Crippen LogP contribution < -0.4 is 16.8 Å². The first-order valence-corrected chi connectivity index (χ1v) is 11.9. The summed E-state index contributed by atoms with van der Waals surface area (Å²) in [5.41, 5.74) is 15.0. The summed E-state index contributed by atoms with van der Waals surface area (Å²) in [5.74, 6) is -0.809. The van der Waals surface area contributed by atoms with Crippen LogP contribution in [0.2, 0.25) is 0 Å². The highest BCUT2D eigenvalue weighted by molar-refractivity contribution is 7.21. The molecule has 4 rings (SSSR count). The third-order valence-electron chi connectivity index (χ3n) is 5.63. The number of hydrogen-bond donors (Lipinski definition) is 3. The maximum atomic E-state index is 13.3. The Kier molecular flexibility index (Phi) is 5.79. The zero-order valence-corrected chi connectivity index (χ0v) is 19.6. The van der Waals surface area contributed by atoms with Crippen LogP contribution >= 0.6 is 22.7 Å². The standard InChI is InChI=1S/C22H23N5O3S2/c1-9(2)13-11(8-23)18(25)26-21-15(13)16(24)17(32-21)19(28)27-20-14(22(29)30-3)10-6-4-5-7-12(10)31-20/h9H,4-7,24H2,1-3H3,(H2,25,26)(H,27,28). The number of ether oxygens (including phenoxy) is 1. The maximum absolute atomic E-state index is 13.3. The van der Waals surface area contributed by atoms with Crippen LogP contribution in [0.15, 0.2) is 0 Å². The molecule has 1 aliphatic rings. The predicted octanol–water partition coefficient (Wildman–Crippen LogP) is 4.43. The van der Waals surface area contributed by atoms with Crippen molar-refractivity contribution in [3.63, 3.8) is 0 Å². The molecule has 166 valence electrons. The van der Waals surface area contributed by atoms with E-state index in [9.17, 15) is 14.9 Å². The number of carbonyl (C=O) groups excluding carboxylic acids is 2. The minimum atomic E-state index is -0.459. The highest BCUT2D eigenvalue weighted by Gasteiger charge is 2.29. The number of esters is 1. The number of amides is 1. The van der Waals surface area contributed by atoms with Crippen molar-refractivity contribution in [2.24, 2.45) is 0 Å². The second kappa shape index (κ2) is 8.41. The zero-order chi connectivity index (χ0) is 23.2. The van der Waals surface area contributed by atoms with E-state index < -0.39 is 11.9 Å². The topological polar surface area (TPSA) is 144 Å². The van der Waals surface area contributed by atoms with E-state index in [1.807, 2.05) is 13.8 Å². The van der Waals surface area contributed by atoms with E-state index in [1.165, 1.54) is 18.4 Å². The van der Waals surface area contributed by atoms with Crippen LogP contribution in [0, 0.1) is 11.3 Å². The van der Waals surface area contributed by atoms with Gasteiger partial charge in [0.2, 0.25) is 0 Å². The molecule has 3 heterocycles. The lowest BCUT2D eigenvalue weighted by atomic mass is 9.95. The normalized spacial score (nSPS) is 13.1. The van der Waals surface area contributed by atoms with E-state index >= 15 is 0 Å². The number of nitrogens with zero attached hydrogens (tertiary/aromatic N) is 2. The Morgan fingerprint density at radius 2 is 1.94 bits per heavy atom. The van der Waals surface area contributed by atoms with Gasteiger partial charge in [-0.3, -0.25) is 4.79 Å². The molecule has 8 nitrogen and oxygen atoms in total. The molecule has 0 saturated heterocycles. The number of nitrogens with one attached hydrogen (secondary N) is 1. The number of nitriles is 1. The summed E-state index contributed by atoms with van der Waals surface area (Å²) in [5, 5.41) is 13.5. The molecular formula is C22H23N5O3S2. The highest BCUT2D eigenvalue weighted by atomic mass is 32.1. The van der Waals surface area contributed by atoms with Crippen LogP contribution in [-0.4, -0.2) is 24.0 Å². The maximum Gasteiger partial charge on any atom is 0.341 e. The summed E-state index contributed by atoms with van der Waals surface area (Å²) in [6.07, 6.45) is 3.71. The lowest BCUT2D eigenvalue weighted by Gasteiger charge is -2.12. The van der Waals surface area contributed by atoms with E-state index in [1.54, 1.807) is 0 Å². The fourth-order valence-corrected chi connectivity index (χ4v) is 6.48. The molecule has 10 heteroatoms. The number of aromatic nitrogens is 1. The van der Waals surface area contributed by atoms with Gasteiger partial charge in [0.25, 0.3) is 5.91 Å². The number of thiophene rings is 2. The molecule has 0 fully saturated rings. The van der Waals surface area contributed by atoms with Crippen LogP contribution in [-0.2, 0) is 17.6 Å². The number of aryl methyl sites for hydroxylation is 1. The summed E-state index contributed by atoms with van der Waals surface area (Å²) in [6.45, 7) is 3.87. The number of hydrogen-bond acceptors (Lipinski definition) is 9. The first-order valence-electron chi connectivity index (χ1n) is 10.2. The third-order valence-corrected chi connectivity index (χ3v) is 7.93. The number of fused-ring (bicyclic) bond motifs is 2. The van der Waals surface area contributed by atoms with Crippen molar-refractivity contribution >= 4 is 61.3 Å². The van der Waals surface area contributed by atoms with E-state index in [2.05, 4.69) is 16.4 Å². The minimum absolute atomic E-state index is 0.0415. The molecule has 0 aliphatic heterocycles. The molecule has 32 heavy (non-hydrogen) atoms. The van der Waals surface area contributed by atoms with Crippen LogP contribution in [0.25, 0.3) is 10.2 Å². The quantitative estimate of drug-likeness (QED) is 0.479. The SMILES string of the molecule is COC(=O)c1c(NC(=O)c2sc3nc(N)c(C#N)c(C(C)C)c3c2N)sc2c1CCCC2. The molecule has 0 aromatic carbocycles. The molecule has 3 aromatic heterocycles. The molecule has 0 radical (unpaired) electrons. The largest absolute Gasteiger partial charge is 0.465 e. The van der Waals surface area contributed by atoms with Gasteiger partial charge in [-0.25, -0.2) is 9.78 Å². The summed E-state index contributed by atoms with van der Waals surface area (Å²) < 4.78 is 4.98. The molecule has 0 unspecified atom stereocenters. The smallest absolute Gasteiger partial charge is 0.341 e. The summed E-state index contributed by atoms with van der Waals surface area (Å²) in [7, 11) is 1.33. The van der Waals surface area contributed by atoms with Crippen molar-refractivity contribution in [2.45, 2.75) is 45.4 Å². The molecule has 3 aromatic rings. The Hall–Kier alpha value is -3.16. The van der Waals surface area contributed by atoms with Gasteiger partial charge in [0.1, 0.15) is 26.6 Å². The molecule has 1 amide bonds. The lowest BCUT2D eigenvalue weighted by Crippen LogP contribution is -2.15. The average Bonchev–Trinajstić information content (AvgIpc) is 3.29. The van der Waals surface area contributed by atoms with Crippen molar-refractivity contribution in [1.29, 1.82) is 5.26 Å². The van der Waals surface area contributed by atoms with E-state index in [0.29, 0.717) is 26.3 Å². The van der Waals surface area contributed by atoms with E-state index in [0.717, 1.165) is 47.5 Å². The van der Waals surface area contributed by atoms with Crippen molar-refractivity contribution in [3.05, 3.63) is 32.0 Å². The number of nitrogen functional groups attached to an aromatic ring is 2. The Morgan fingerprint density at radius 1 is 1.22 bits per heavy atom. The zero-order valence-electron chi connectivity index (χ0n) is 18.0. The fraction of sp³-hybridized carbons (Fsp3) is 0.364. The van der Waals surface area contributed by atoms with Gasteiger partial charge >= 0.3 is 5.97 Å². The van der Waals surface area contributed by atoms with Crippen LogP contribution in [0.5, 0.6) is 0 Å². The summed E-state index contributed by atoms with van der Waals surface area (Å²) in [6, 6.07) is 2.11. The van der Waals surface area contributed by atoms with Gasteiger partial charge in [-0.05, 0) is 42.7 Å². The molecular weight excluding hydrogens is 446 g/mol. The van der Waals surface area contributed by atoms with Crippen molar-refractivity contribution in [1.82, 2.24) is 4.98 Å². The Morgan fingerprint density at radius 3 is 2.59 bits per heavy atom. The van der Waals surface area contributed by atoms with Crippen LogP contribution in [0.3, 0.4) is 0 Å². The monoisotopic (exact) mass is 469 g/mol. The molecule has 0 atom stereocenters. The number of anilines is 3. The Balaban J connectivity index is 1.80. The summed E-state index contributed by atoms with van der Waals surface area (Å²) in [4.78, 5) is 31.9. The Labute approximate surface area is 193 Å². The number of methoxy groups -OCH3 is 1. The minimum Gasteiger partial charge on any atom is -0.465 e. The fourth-order valence-electron chi connectivity index (χ4n) is 4.19. The first-order chi connectivity index (χ1) is 15.3. The Bertz CT molecular complexity index is 1300. The second-order valence-electron chi connectivity index (χ2n) is 7.94. The van der Waals surface area contributed by atoms with Gasteiger partial charge in [-0.1, -0.05) is 13.8 Å². The molecule has 5 N–H and O–H groups in total. The first kappa shape index (κ1) is 22.0. The van der Waals surface area contributed by atoms with Crippen molar-refractivity contribution in [2.75, 3.05) is 23.9 Å². The summed E-state index contributed by atoms with van der Waals surface area (Å²) >= 11 is 2.53. The number of carbonyl (C=O) groups is 2. The molecule has 1 aliphatic carbocycles. The second-order valence-corrected chi connectivity index (χ2v) is 10.0. The van der Waals surface area contributed by atoms with E-state index in [4.69, 9.17) is 16.2 Å². The van der Waals surface area contributed by atoms with Gasteiger partial charge in [0, 0.05) is 10.3 Å². The molecule has 0 spiro atoms. The van der Waals surface area contributed by atoms with Crippen LogP contribution in [0.1, 0.15) is 74.2 Å².